The van der Waals surface area contributed by atoms with E-state index in [2.05, 4.69) is 15.5 Å². The molecule has 0 radical (unpaired) electrons. The molecule has 3 aromatic heterocycles. The van der Waals surface area contributed by atoms with E-state index in [0.717, 1.165) is 39.3 Å². The predicted octanol–water partition coefficient (Wildman–Crippen LogP) is 5.67. The number of nitrogens with one attached hydrogen (secondary N) is 2. The van der Waals surface area contributed by atoms with Crippen molar-refractivity contribution in [1.82, 2.24) is 24.7 Å². The van der Waals surface area contributed by atoms with E-state index < -0.39 is 0 Å². The lowest BCUT2D eigenvalue weighted by molar-refractivity contribution is 0.416. The molecule has 8 heteroatoms. The number of fused-ring (bicyclic) bond motifs is 1. The lowest BCUT2D eigenvalue weighted by atomic mass is 10.1. The molecular weight excluding hydrogens is 431 g/mol. The second kappa shape index (κ2) is 8.62. The molecule has 0 aliphatic rings. The van der Waals surface area contributed by atoms with Gasteiger partial charge in [0.1, 0.15) is 17.4 Å². The molecule has 3 heterocycles. The van der Waals surface area contributed by atoms with Crippen LogP contribution in [0.1, 0.15) is 18.3 Å². The van der Waals surface area contributed by atoms with Crippen LogP contribution in [-0.2, 0) is 0 Å². The van der Waals surface area contributed by atoms with Crippen LogP contribution in [0.25, 0.3) is 39.4 Å². The highest BCUT2D eigenvalue weighted by Crippen LogP contribution is 2.32. The minimum atomic E-state index is -0.379. The van der Waals surface area contributed by atoms with E-state index in [-0.39, 0.29) is 5.82 Å². The number of benzene rings is 2. The average Bonchev–Trinajstić information content (AvgIpc) is 3.41. The number of halogens is 1. The summed E-state index contributed by atoms with van der Waals surface area (Å²) >= 11 is 0. The molecule has 0 fully saturated rings. The fraction of sp³-hybridized carbons (Fsp3) is 0.192. The molecule has 34 heavy (non-hydrogen) atoms. The normalized spacial score (nSPS) is 11.2. The van der Waals surface area contributed by atoms with Gasteiger partial charge >= 0.3 is 0 Å². The van der Waals surface area contributed by atoms with Gasteiger partial charge in [-0.2, -0.15) is 10.1 Å². The monoisotopic (exact) mass is 456 g/mol. The lowest BCUT2D eigenvalue weighted by Gasteiger charge is -2.13. The molecule has 0 saturated carbocycles. The van der Waals surface area contributed by atoms with E-state index in [9.17, 15) is 4.39 Å². The third-order valence-corrected chi connectivity index (χ3v) is 5.71. The molecule has 0 bridgehead atoms. The van der Waals surface area contributed by atoms with Gasteiger partial charge in [-0.3, -0.25) is 9.67 Å². The van der Waals surface area contributed by atoms with Crippen molar-refractivity contribution >= 4 is 16.7 Å². The van der Waals surface area contributed by atoms with Gasteiger partial charge in [-0.1, -0.05) is 24.3 Å². The van der Waals surface area contributed by atoms with E-state index >= 15 is 0 Å². The van der Waals surface area contributed by atoms with E-state index in [1.807, 2.05) is 67.8 Å². The van der Waals surface area contributed by atoms with Gasteiger partial charge in [-0.25, -0.2) is 9.37 Å². The van der Waals surface area contributed by atoms with Crippen LogP contribution >= 0.6 is 0 Å². The Morgan fingerprint density at radius 3 is 2.35 bits per heavy atom. The summed E-state index contributed by atoms with van der Waals surface area (Å²) in [5.74, 6) is 1.25. The van der Waals surface area contributed by atoms with Crippen LogP contribution < -0.4 is 10.1 Å². The molecule has 172 valence electrons. The van der Waals surface area contributed by atoms with Crippen LogP contribution in [0.2, 0.25) is 0 Å². The zero-order valence-corrected chi connectivity index (χ0v) is 19.5. The lowest BCUT2D eigenvalue weighted by Crippen LogP contribution is -2.08. The molecule has 5 rings (SSSR count). The van der Waals surface area contributed by atoms with Gasteiger partial charge in [0.25, 0.3) is 0 Å². The Labute approximate surface area is 196 Å². The minimum Gasteiger partial charge on any atom is -0.496 e. The second-order valence-electron chi connectivity index (χ2n) is 8.14. The van der Waals surface area contributed by atoms with Crippen molar-refractivity contribution in [3.8, 4) is 34.2 Å². The number of ether oxygens (including phenoxy) is 1. The first-order chi connectivity index (χ1) is 16.5. The van der Waals surface area contributed by atoms with Gasteiger partial charge in [0, 0.05) is 46.6 Å². The van der Waals surface area contributed by atoms with Gasteiger partial charge in [0.05, 0.1) is 24.0 Å². The van der Waals surface area contributed by atoms with Crippen molar-refractivity contribution in [2.45, 2.75) is 20.8 Å². The second-order valence-corrected chi connectivity index (χ2v) is 8.14. The summed E-state index contributed by atoms with van der Waals surface area (Å²) in [6.07, 6.45) is 0. The Kier molecular flexibility index (Phi) is 5.49. The minimum absolute atomic E-state index is 0.379. The maximum Gasteiger partial charge on any atom is 0.236 e. The molecular formula is C26H25FN6O. The maximum absolute atomic E-state index is 14.4. The number of methoxy groups -OCH3 is 1. The Bertz CT molecular complexity index is 1490. The highest BCUT2D eigenvalue weighted by molar-refractivity contribution is 5.89. The van der Waals surface area contributed by atoms with E-state index in [1.165, 1.54) is 19.2 Å². The summed E-state index contributed by atoms with van der Waals surface area (Å²) in [6, 6.07) is 16.8. The Balaban J connectivity index is 1.64. The molecule has 0 amide bonds. The predicted molar refractivity (Wildman–Crippen MR) is 132 cm³/mol. The quantitative estimate of drug-likeness (QED) is 0.344. The van der Waals surface area contributed by atoms with Gasteiger partial charge in [0.2, 0.25) is 5.95 Å². The zero-order chi connectivity index (χ0) is 23.8. The topological polar surface area (TPSA) is 80.7 Å². The van der Waals surface area contributed by atoms with Crippen molar-refractivity contribution in [3.63, 3.8) is 0 Å². The van der Waals surface area contributed by atoms with E-state index in [0.29, 0.717) is 29.6 Å². The van der Waals surface area contributed by atoms with E-state index in [4.69, 9.17) is 14.7 Å². The smallest absolute Gasteiger partial charge is 0.236 e. The van der Waals surface area contributed by atoms with Crippen LogP contribution in [0.5, 0.6) is 5.75 Å². The van der Waals surface area contributed by atoms with Crippen LogP contribution in [0.3, 0.4) is 0 Å². The summed E-state index contributed by atoms with van der Waals surface area (Å²) in [5.41, 5.74) is 6.15. The largest absolute Gasteiger partial charge is 0.496 e. The van der Waals surface area contributed by atoms with Crippen molar-refractivity contribution in [3.05, 3.63) is 71.8 Å². The first-order valence-corrected chi connectivity index (χ1v) is 11.1. The first-order valence-electron chi connectivity index (χ1n) is 11.1. The summed E-state index contributed by atoms with van der Waals surface area (Å²) in [7, 11) is 1.54. The summed E-state index contributed by atoms with van der Waals surface area (Å²) in [5, 5.41) is 11.4. The molecule has 5 aromatic rings. The summed E-state index contributed by atoms with van der Waals surface area (Å²) < 4.78 is 21.6. The number of anilines is 1. The Morgan fingerprint density at radius 2 is 1.71 bits per heavy atom. The summed E-state index contributed by atoms with van der Waals surface area (Å²) in [6.45, 7) is 6.64. The molecule has 0 aliphatic carbocycles. The highest BCUT2D eigenvalue weighted by atomic mass is 19.1. The van der Waals surface area contributed by atoms with Crippen LogP contribution in [0, 0.1) is 19.7 Å². The maximum atomic E-state index is 14.4. The SMILES string of the molecule is CCNc1cc(-c2ccc(-c3cc(C)[nH]n3)cc2)nc(-n2c(C)cc3c(OC)cc(F)cc32)n1. The van der Waals surface area contributed by atoms with Crippen LogP contribution in [0.4, 0.5) is 10.2 Å². The number of nitrogens with zero attached hydrogens (tertiary/aromatic N) is 4. The fourth-order valence-corrected chi connectivity index (χ4v) is 4.14. The number of aromatic nitrogens is 5. The van der Waals surface area contributed by atoms with Crippen molar-refractivity contribution in [2.75, 3.05) is 19.0 Å². The number of hydrogen-bond donors (Lipinski definition) is 2. The average molecular weight is 457 g/mol. The van der Waals surface area contributed by atoms with Gasteiger partial charge in [0.15, 0.2) is 0 Å². The molecule has 0 saturated heterocycles. The Hall–Kier alpha value is -4.20. The molecule has 0 aliphatic heterocycles. The molecule has 0 unspecified atom stereocenters. The molecule has 0 atom stereocenters. The van der Waals surface area contributed by atoms with E-state index in [1.54, 1.807) is 0 Å². The molecule has 2 N–H and O–H groups in total. The summed E-state index contributed by atoms with van der Waals surface area (Å²) in [4.78, 5) is 9.58. The number of aromatic amines is 1. The number of hydrogen-bond acceptors (Lipinski definition) is 5. The highest BCUT2D eigenvalue weighted by Gasteiger charge is 2.17. The van der Waals surface area contributed by atoms with Gasteiger partial charge in [-0.05, 0) is 39.0 Å². The molecule has 7 nitrogen and oxygen atoms in total. The van der Waals surface area contributed by atoms with Crippen molar-refractivity contribution in [1.29, 1.82) is 0 Å². The molecule has 2 aromatic carbocycles. The zero-order valence-electron chi connectivity index (χ0n) is 19.5. The van der Waals surface area contributed by atoms with Crippen LogP contribution in [0.15, 0.2) is 54.6 Å². The van der Waals surface area contributed by atoms with Crippen molar-refractivity contribution < 1.29 is 9.13 Å². The number of H-pyrrole nitrogens is 1. The van der Waals surface area contributed by atoms with Gasteiger partial charge in [-0.15, -0.1) is 0 Å². The Morgan fingerprint density at radius 1 is 0.971 bits per heavy atom. The van der Waals surface area contributed by atoms with Crippen LogP contribution in [-0.4, -0.2) is 38.4 Å². The third kappa shape index (κ3) is 3.87. The first kappa shape index (κ1) is 21.6. The molecule has 0 spiro atoms. The van der Waals surface area contributed by atoms with Crippen molar-refractivity contribution in [2.24, 2.45) is 0 Å². The standard InChI is InChI=1S/C26H25FN6O/c1-5-28-25-14-21(17-6-8-18(9-7-17)22-10-15(2)31-32-22)29-26(30-25)33-16(3)11-20-23(33)12-19(27)13-24(20)34-4/h6-14H,5H2,1-4H3,(H,31,32)(H,28,29,30). The number of rotatable bonds is 6. The fourth-order valence-electron chi connectivity index (χ4n) is 4.14. The number of aryl methyl sites for hydroxylation is 2. The van der Waals surface area contributed by atoms with Gasteiger partial charge < -0.3 is 10.1 Å². The third-order valence-electron chi connectivity index (χ3n) is 5.71.